The summed E-state index contributed by atoms with van der Waals surface area (Å²) in [5, 5.41) is 13.0. The van der Waals surface area contributed by atoms with E-state index in [0.717, 1.165) is 0 Å². The predicted molar refractivity (Wildman–Crippen MR) is 96.0 cm³/mol. The lowest BCUT2D eigenvalue weighted by Crippen LogP contribution is -2.28. The highest BCUT2D eigenvalue weighted by Crippen LogP contribution is 2.24. The van der Waals surface area contributed by atoms with E-state index in [2.05, 4.69) is 10.3 Å². The number of pyridine rings is 1. The second-order valence-electron chi connectivity index (χ2n) is 6.57. The molecule has 0 spiro atoms. The topological polar surface area (TPSA) is 79.3 Å². The number of aliphatic hydroxyl groups is 1. The van der Waals surface area contributed by atoms with Crippen LogP contribution < -0.4 is 5.32 Å². The summed E-state index contributed by atoms with van der Waals surface area (Å²) in [4.78, 5) is 3.98. The summed E-state index contributed by atoms with van der Waals surface area (Å²) in [6.45, 7) is 4.93. The molecule has 1 atom stereocenters. The van der Waals surface area contributed by atoms with E-state index in [0.29, 0.717) is 11.3 Å². The van der Waals surface area contributed by atoms with E-state index in [1.807, 2.05) is 0 Å². The fourth-order valence-corrected chi connectivity index (χ4v) is 3.19. The average Bonchev–Trinajstić information content (AvgIpc) is 2.54. The van der Waals surface area contributed by atoms with Gasteiger partial charge in [-0.05, 0) is 50.6 Å². The summed E-state index contributed by atoms with van der Waals surface area (Å²) >= 11 is 5.61. The number of halogens is 2. The lowest BCUT2D eigenvalue weighted by molar-refractivity contribution is 0.191. The van der Waals surface area contributed by atoms with Gasteiger partial charge >= 0.3 is 0 Å². The highest BCUT2D eigenvalue weighted by molar-refractivity contribution is 7.92. The molecular weight excluding hydrogens is 367 g/mol. The molecule has 1 unspecified atom stereocenters. The number of rotatable bonds is 5. The maximum atomic E-state index is 13.4. The van der Waals surface area contributed by atoms with Gasteiger partial charge in [0.2, 0.25) is 0 Å². The zero-order chi connectivity index (χ0) is 18.8. The second kappa shape index (κ2) is 7.27. The monoisotopic (exact) mass is 386 g/mol. The summed E-state index contributed by atoms with van der Waals surface area (Å²) in [5.74, 6) is -0.600. The second-order valence-corrected chi connectivity index (χ2v) is 9.63. The third kappa shape index (κ3) is 4.48. The zero-order valence-corrected chi connectivity index (χ0v) is 15.7. The summed E-state index contributed by atoms with van der Waals surface area (Å²) in [7, 11) is -3.52. The highest BCUT2D eigenvalue weighted by atomic mass is 35.5. The van der Waals surface area contributed by atoms with Crippen LogP contribution >= 0.6 is 11.6 Å². The van der Waals surface area contributed by atoms with Crippen LogP contribution in [0.1, 0.15) is 32.4 Å². The smallest absolute Gasteiger partial charge is 0.200 e. The lowest BCUT2D eigenvalue weighted by Gasteiger charge is -2.18. The molecule has 0 amide bonds. The number of sulfone groups is 1. The molecule has 0 saturated carbocycles. The van der Waals surface area contributed by atoms with E-state index >= 15 is 0 Å². The van der Waals surface area contributed by atoms with E-state index in [-0.39, 0.29) is 16.6 Å². The SMILES string of the molecule is CC(C)(C)S(=O)(=O)c1ccc(NCC(O)c2ccc(Cl)c(F)c2)cn1. The van der Waals surface area contributed by atoms with Crippen molar-refractivity contribution >= 4 is 27.1 Å². The number of nitrogens with one attached hydrogen (secondary N) is 1. The molecule has 2 N–H and O–H groups in total. The van der Waals surface area contributed by atoms with Gasteiger partial charge in [0, 0.05) is 6.54 Å². The van der Waals surface area contributed by atoms with E-state index < -0.39 is 26.5 Å². The summed E-state index contributed by atoms with van der Waals surface area (Å²) in [6, 6.07) is 7.07. The third-order valence-electron chi connectivity index (χ3n) is 3.65. The lowest BCUT2D eigenvalue weighted by atomic mass is 10.1. The fraction of sp³-hybridized carbons (Fsp3) is 0.353. The number of hydrogen-bond donors (Lipinski definition) is 2. The Balaban J connectivity index is 2.05. The zero-order valence-electron chi connectivity index (χ0n) is 14.1. The molecule has 0 aliphatic carbocycles. The molecule has 25 heavy (non-hydrogen) atoms. The van der Waals surface area contributed by atoms with Gasteiger partial charge in [0.1, 0.15) is 5.82 Å². The van der Waals surface area contributed by atoms with E-state index in [1.165, 1.54) is 30.5 Å². The standard InChI is InChI=1S/C17H20ClFN2O3S/c1-17(2,3)25(23,24)16-7-5-12(9-21-16)20-10-15(22)11-4-6-13(18)14(19)8-11/h4-9,15,20,22H,10H2,1-3H3. The van der Waals surface area contributed by atoms with Crippen LogP contribution in [0.5, 0.6) is 0 Å². The number of hydrogen-bond acceptors (Lipinski definition) is 5. The Morgan fingerprint density at radius 3 is 2.48 bits per heavy atom. The minimum Gasteiger partial charge on any atom is -0.387 e. The molecule has 2 aromatic rings. The van der Waals surface area contributed by atoms with E-state index in [4.69, 9.17) is 11.6 Å². The Labute approximate surface area is 151 Å². The van der Waals surface area contributed by atoms with E-state index in [1.54, 1.807) is 26.8 Å². The quantitative estimate of drug-likeness (QED) is 0.820. The van der Waals surface area contributed by atoms with Crippen molar-refractivity contribution < 1.29 is 17.9 Å². The number of benzene rings is 1. The summed E-state index contributed by atoms with van der Waals surface area (Å²) in [5.41, 5.74) is 0.927. The van der Waals surface area contributed by atoms with Gasteiger partial charge in [-0.25, -0.2) is 17.8 Å². The molecule has 1 aromatic heterocycles. The summed E-state index contributed by atoms with van der Waals surface area (Å²) < 4.78 is 37.1. The highest BCUT2D eigenvalue weighted by Gasteiger charge is 2.31. The molecule has 0 saturated heterocycles. The Morgan fingerprint density at radius 1 is 1.28 bits per heavy atom. The first-order chi connectivity index (χ1) is 11.5. The maximum Gasteiger partial charge on any atom is 0.200 e. The van der Waals surface area contributed by atoms with Crippen LogP contribution in [0.2, 0.25) is 5.02 Å². The van der Waals surface area contributed by atoms with Crippen molar-refractivity contribution in [1.82, 2.24) is 4.98 Å². The van der Waals surface area contributed by atoms with Gasteiger partial charge < -0.3 is 10.4 Å². The van der Waals surface area contributed by atoms with Crippen LogP contribution in [-0.4, -0.2) is 29.8 Å². The van der Waals surface area contributed by atoms with Crippen LogP contribution in [-0.2, 0) is 9.84 Å². The van der Waals surface area contributed by atoms with Crippen molar-refractivity contribution in [2.24, 2.45) is 0 Å². The van der Waals surface area contributed by atoms with Crippen molar-refractivity contribution in [2.45, 2.75) is 36.6 Å². The molecule has 0 aliphatic heterocycles. The van der Waals surface area contributed by atoms with Gasteiger partial charge in [0.05, 0.1) is 27.8 Å². The molecule has 136 valence electrons. The Hall–Kier alpha value is -1.70. The number of anilines is 1. The fourth-order valence-electron chi connectivity index (χ4n) is 2.01. The first-order valence-electron chi connectivity index (χ1n) is 7.60. The molecule has 1 heterocycles. The molecule has 8 heteroatoms. The van der Waals surface area contributed by atoms with Gasteiger partial charge in [-0.1, -0.05) is 17.7 Å². The minimum atomic E-state index is -3.52. The van der Waals surface area contributed by atoms with Crippen molar-refractivity contribution in [3.05, 3.63) is 52.9 Å². The van der Waals surface area contributed by atoms with Gasteiger partial charge in [-0.2, -0.15) is 0 Å². The molecular formula is C17H20ClFN2O3S. The predicted octanol–water partition coefficient (Wildman–Crippen LogP) is 3.59. The first kappa shape index (κ1) is 19.6. The van der Waals surface area contributed by atoms with Gasteiger partial charge in [0.15, 0.2) is 14.9 Å². The molecule has 1 aromatic carbocycles. The third-order valence-corrected chi connectivity index (χ3v) is 6.36. The van der Waals surface area contributed by atoms with Crippen LogP contribution in [0.25, 0.3) is 0 Å². The maximum absolute atomic E-state index is 13.4. The number of nitrogens with zero attached hydrogens (tertiary/aromatic N) is 1. The Kier molecular flexibility index (Phi) is 5.71. The molecule has 0 bridgehead atoms. The van der Waals surface area contributed by atoms with Crippen LogP contribution in [0.15, 0.2) is 41.6 Å². The summed E-state index contributed by atoms with van der Waals surface area (Å²) in [6.07, 6.45) is 0.429. The number of aromatic nitrogens is 1. The minimum absolute atomic E-state index is 0.00845. The van der Waals surface area contributed by atoms with Crippen LogP contribution in [0.4, 0.5) is 10.1 Å². The first-order valence-corrected chi connectivity index (χ1v) is 9.46. The Bertz CT molecular complexity index is 849. The van der Waals surface area contributed by atoms with Gasteiger partial charge in [-0.3, -0.25) is 0 Å². The van der Waals surface area contributed by atoms with Crippen molar-refractivity contribution in [2.75, 3.05) is 11.9 Å². The van der Waals surface area contributed by atoms with Crippen molar-refractivity contribution in [1.29, 1.82) is 0 Å². The van der Waals surface area contributed by atoms with Gasteiger partial charge in [-0.15, -0.1) is 0 Å². The number of aliphatic hydroxyl groups excluding tert-OH is 1. The van der Waals surface area contributed by atoms with Crippen LogP contribution in [0.3, 0.4) is 0 Å². The molecule has 0 fully saturated rings. The molecule has 5 nitrogen and oxygen atoms in total. The Morgan fingerprint density at radius 2 is 1.96 bits per heavy atom. The molecule has 2 rings (SSSR count). The van der Waals surface area contributed by atoms with Gasteiger partial charge in [0.25, 0.3) is 0 Å². The van der Waals surface area contributed by atoms with Crippen molar-refractivity contribution in [3.8, 4) is 0 Å². The van der Waals surface area contributed by atoms with Crippen LogP contribution in [0, 0.1) is 5.82 Å². The molecule has 0 aliphatic rings. The molecule has 0 radical (unpaired) electrons. The normalized spacial score (nSPS) is 13.5. The largest absolute Gasteiger partial charge is 0.387 e. The van der Waals surface area contributed by atoms with Crippen molar-refractivity contribution in [3.63, 3.8) is 0 Å². The van der Waals surface area contributed by atoms with E-state index in [9.17, 15) is 17.9 Å². The average molecular weight is 387 g/mol.